The van der Waals surface area contributed by atoms with Crippen molar-refractivity contribution in [2.24, 2.45) is 0 Å². The number of anilines is 1. The number of thiazole rings is 1. The van der Waals surface area contributed by atoms with Crippen molar-refractivity contribution < 1.29 is 0 Å². The van der Waals surface area contributed by atoms with Crippen molar-refractivity contribution in [3.05, 3.63) is 57.4 Å². The van der Waals surface area contributed by atoms with Crippen molar-refractivity contribution in [3.8, 4) is 6.07 Å². The predicted molar refractivity (Wildman–Crippen MR) is 108 cm³/mol. The first-order chi connectivity index (χ1) is 11.6. The van der Waals surface area contributed by atoms with Crippen LogP contribution in [0.5, 0.6) is 0 Å². The summed E-state index contributed by atoms with van der Waals surface area (Å²) in [7, 11) is 4.00. The van der Waals surface area contributed by atoms with Gasteiger partial charge in [0.2, 0.25) is 0 Å². The smallest absolute Gasteiger partial charge is 0.156 e. The summed E-state index contributed by atoms with van der Waals surface area (Å²) in [6, 6.07) is 16.3. The highest BCUT2D eigenvalue weighted by Gasteiger charge is 2.08. The van der Waals surface area contributed by atoms with Gasteiger partial charge in [-0.15, -0.1) is 11.3 Å². The lowest BCUT2D eigenvalue weighted by Crippen LogP contribution is -2.09. The molecule has 0 unspecified atom stereocenters. The number of rotatable bonds is 4. The average molecular weight is 416 g/mol. The van der Waals surface area contributed by atoms with Gasteiger partial charge in [-0.2, -0.15) is 5.26 Å². The molecule has 3 nitrogen and oxygen atoms in total. The van der Waals surface area contributed by atoms with E-state index in [0.717, 1.165) is 30.3 Å². The maximum Gasteiger partial charge on any atom is 0.156 e. The largest absolute Gasteiger partial charge is 0.377 e. The van der Waals surface area contributed by atoms with Crippen LogP contribution >= 0.6 is 39.0 Å². The molecule has 0 spiro atoms. The number of halogens is 1. The number of nitriles is 1. The fourth-order valence-corrected chi connectivity index (χ4v) is 4.93. The Labute approximate surface area is 157 Å². The quantitative estimate of drug-likeness (QED) is 0.399. The van der Waals surface area contributed by atoms with Crippen LogP contribution < -0.4 is 4.90 Å². The molecular formula is C18H14BrN3S2. The SMILES string of the molecule is CN(C)c1ccc(/C=C(\C#N)Sc2nc3ccccc3s2)cc1Br. The van der Waals surface area contributed by atoms with Crippen LogP contribution in [-0.2, 0) is 0 Å². The van der Waals surface area contributed by atoms with Gasteiger partial charge in [-0.3, -0.25) is 0 Å². The third-order valence-corrected chi connectivity index (χ3v) is 5.99. The lowest BCUT2D eigenvalue weighted by Gasteiger charge is -2.14. The summed E-state index contributed by atoms with van der Waals surface area (Å²) in [5.74, 6) is 0. The van der Waals surface area contributed by atoms with Gasteiger partial charge in [0.25, 0.3) is 0 Å². The van der Waals surface area contributed by atoms with Crippen molar-refractivity contribution in [2.45, 2.75) is 4.34 Å². The van der Waals surface area contributed by atoms with Gasteiger partial charge in [0.05, 0.1) is 20.8 Å². The maximum absolute atomic E-state index is 9.45. The summed E-state index contributed by atoms with van der Waals surface area (Å²) < 4.78 is 3.02. The second-order valence-electron chi connectivity index (χ2n) is 5.28. The molecule has 0 N–H and O–H groups in total. The number of benzene rings is 2. The molecule has 3 aromatic rings. The highest BCUT2D eigenvalue weighted by molar-refractivity contribution is 9.10. The van der Waals surface area contributed by atoms with Gasteiger partial charge in [-0.05, 0) is 63.6 Å². The van der Waals surface area contributed by atoms with Crippen molar-refractivity contribution in [1.82, 2.24) is 4.98 Å². The molecule has 6 heteroatoms. The molecule has 120 valence electrons. The molecule has 0 aliphatic heterocycles. The van der Waals surface area contributed by atoms with E-state index >= 15 is 0 Å². The van der Waals surface area contributed by atoms with Gasteiger partial charge >= 0.3 is 0 Å². The Kier molecular flexibility index (Phi) is 5.24. The van der Waals surface area contributed by atoms with Crippen LogP contribution in [0.15, 0.2) is 56.2 Å². The summed E-state index contributed by atoms with van der Waals surface area (Å²) in [4.78, 5) is 7.23. The average Bonchev–Trinajstić information content (AvgIpc) is 2.96. The highest BCUT2D eigenvalue weighted by Crippen LogP contribution is 2.35. The first-order valence-electron chi connectivity index (χ1n) is 7.19. The van der Waals surface area contributed by atoms with Crippen molar-refractivity contribution >= 4 is 61.0 Å². The monoisotopic (exact) mass is 415 g/mol. The van der Waals surface area contributed by atoms with Gasteiger partial charge in [0.1, 0.15) is 6.07 Å². The summed E-state index contributed by atoms with van der Waals surface area (Å²) in [6.07, 6.45) is 1.89. The zero-order valence-electron chi connectivity index (χ0n) is 13.2. The number of hydrogen-bond donors (Lipinski definition) is 0. The molecular weight excluding hydrogens is 402 g/mol. The molecule has 0 saturated heterocycles. The van der Waals surface area contributed by atoms with E-state index < -0.39 is 0 Å². The van der Waals surface area contributed by atoms with Crippen LogP contribution in [-0.4, -0.2) is 19.1 Å². The third kappa shape index (κ3) is 3.81. The van der Waals surface area contributed by atoms with Gasteiger partial charge in [0.15, 0.2) is 4.34 Å². The van der Waals surface area contributed by atoms with Crippen molar-refractivity contribution in [2.75, 3.05) is 19.0 Å². The first-order valence-corrected chi connectivity index (χ1v) is 9.61. The fourth-order valence-electron chi connectivity index (χ4n) is 2.20. The zero-order valence-corrected chi connectivity index (χ0v) is 16.4. The maximum atomic E-state index is 9.45. The normalized spacial score (nSPS) is 11.5. The minimum absolute atomic E-state index is 0.624. The van der Waals surface area contributed by atoms with Crippen LogP contribution in [0.4, 0.5) is 5.69 Å². The number of hydrogen-bond acceptors (Lipinski definition) is 5. The Balaban J connectivity index is 1.87. The second kappa shape index (κ2) is 7.39. The lowest BCUT2D eigenvalue weighted by molar-refractivity contribution is 1.12. The number of nitrogens with zero attached hydrogens (tertiary/aromatic N) is 3. The number of para-hydroxylation sites is 1. The molecule has 3 rings (SSSR count). The fraction of sp³-hybridized carbons (Fsp3) is 0.111. The van der Waals surface area contributed by atoms with Crippen LogP contribution in [0.3, 0.4) is 0 Å². The molecule has 0 fully saturated rings. The van der Waals surface area contributed by atoms with Crippen LogP contribution in [0.2, 0.25) is 0 Å². The van der Waals surface area contributed by atoms with E-state index in [-0.39, 0.29) is 0 Å². The molecule has 2 aromatic carbocycles. The van der Waals surface area contributed by atoms with Gasteiger partial charge in [-0.25, -0.2) is 4.98 Å². The van der Waals surface area contributed by atoms with E-state index in [2.05, 4.69) is 27.0 Å². The molecule has 0 aliphatic carbocycles. The van der Waals surface area contributed by atoms with Crippen molar-refractivity contribution in [3.63, 3.8) is 0 Å². The van der Waals surface area contributed by atoms with Crippen LogP contribution in [0.25, 0.3) is 16.3 Å². The second-order valence-corrected chi connectivity index (χ2v) is 8.45. The Morgan fingerprint density at radius 2 is 2.08 bits per heavy atom. The lowest BCUT2D eigenvalue weighted by atomic mass is 10.2. The van der Waals surface area contributed by atoms with E-state index in [1.165, 1.54) is 11.8 Å². The Morgan fingerprint density at radius 3 is 2.75 bits per heavy atom. The Hall–Kier alpha value is -1.81. The van der Waals surface area contributed by atoms with Crippen molar-refractivity contribution in [1.29, 1.82) is 5.26 Å². The van der Waals surface area contributed by atoms with Crippen LogP contribution in [0.1, 0.15) is 5.56 Å². The van der Waals surface area contributed by atoms with Gasteiger partial charge in [0, 0.05) is 18.6 Å². The minimum Gasteiger partial charge on any atom is -0.377 e. The van der Waals surface area contributed by atoms with Crippen LogP contribution in [0, 0.1) is 11.3 Å². The van der Waals surface area contributed by atoms with Gasteiger partial charge < -0.3 is 4.90 Å². The number of thioether (sulfide) groups is 1. The standard InChI is InChI=1S/C18H14BrN3S2/c1-22(2)16-8-7-12(10-14(16)19)9-13(11-20)23-18-21-15-5-3-4-6-17(15)24-18/h3-10H,1-2H3/b13-9+. The van der Waals surface area contributed by atoms with E-state index in [0.29, 0.717) is 4.91 Å². The van der Waals surface area contributed by atoms with E-state index in [4.69, 9.17) is 0 Å². The Morgan fingerprint density at radius 1 is 1.29 bits per heavy atom. The predicted octanol–water partition coefficient (Wildman–Crippen LogP) is 5.78. The summed E-state index contributed by atoms with van der Waals surface area (Å²) in [6.45, 7) is 0. The molecule has 0 saturated carbocycles. The topological polar surface area (TPSA) is 39.9 Å². The van der Waals surface area contributed by atoms with Gasteiger partial charge in [-0.1, -0.05) is 18.2 Å². The summed E-state index contributed by atoms with van der Waals surface area (Å²) >= 11 is 6.59. The number of aromatic nitrogens is 1. The van der Waals surface area contributed by atoms with E-state index in [1.54, 1.807) is 11.3 Å². The summed E-state index contributed by atoms with van der Waals surface area (Å²) in [5.41, 5.74) is 3.06. The Bertz CT molecular complexity index is 921. The van der Waals surface area contributed by atoms with E-state index in [9.17, 15) is 5.26 Å². The number of allylic oxidation sites excluding steroid dienone is 1. The number of fused-ring (bicyclic) bond motifs is 1. The third-order valence-electron chi connectivity index (χ3n) is 3.33. The molecule has 0 atom stereocenters. The van der Waals surface area contributed by atoms with E-state index in [1.807, 2.05) is 67.5 Å². The molecule has 0 radical (unpaired) electrons. The molecule has 1 aromatic heterocycles. The molecule has 24 heavy (non-hydrogen) atoms. The summed E-state index contributed by atoms with van der Waals surface area (Å²) in [5, 5.41) is 9.45. The molecule has 0 aliphatic rings. The molecule has 1 heterocycles. The zero-order chi connectivity index (χ0) is 17.1. The molecule has 0 bridgehead atoms. The first kappa shape index (κ1) is 17.0. The highest BCUT2D eigenvalue weighted by atomic mass is 79.9. The molecule has 0 amide bonds. The minimum atomic E-state index is 0.624.